The molecule has 0 aromatic rings. The standard InChI is InChI=1S/C7H10N2O2/c8-5-6-3-1-2-4-7(6)9(10)11/h6-7H,1-4H2. The summed E-state index contributed by atoms with van der Waals surface area (Å²) in [7, 11) is 0. The molecule has 0 N–H and O–H groups in total. The molecule has 60 valence electrons. The lowest BCUT2D eigenvalue weighted by molar-refractivity contribution is -0.532. The molecule has 2 atom stereocenters. The molecule has 2 unspecified atom stereocenters. The summed E-state index contributed by atoms with van der Waals surface area (Å²) in [5.74, 6) is -0.348. The van der Waals surface area contributed by atoms with Gasteiger partial charge < -0.3 is 0 Å². The summed E-state index contributed by atoms with van der Waals surface area (Å²) in [5.41, 5.74) is 0. The predicted octanol–water partition coefficient (Wildman–Crippen LogP) is 1.35. The molecular formula is C7H10N2O2. The van der Waals surface area contributed by atoms with Crippen molar-refractivity contribution in [3.05, 3.63) is 10.1 Å². The molecule has 0 bridgehead atoms. The Bertz CT molecular complexity index is 197. The zero-order valence-electron chi connectivity index (χ0n) is 6.19. The first kappa shape index (κ1) is 7.99. The minimum Gasteiger partial charge on any atom is -0.264 e. The van der Waals surface area contributed by atoms with Crippen LogP contribution in [0.25, 0.3) is 0 Å². The van der Waals surface area contributed by atoms with Crippen LogP contribution in [0.2, 0.25) is 0 Å². The van der Waals surface area contributed by atoms with E-state index in [-0.39, 0.29) is 10.8 Å². The number of nitriles is 1. The highest BCUT2D eigenvalue weighted by molar-refractivity contribution is 4.90. The monoisotopic (exact) mass is 154 g/mol. The Balaban J connectivity index is 2.60. The quantitative estimate of drug-likeness (QED) is 0.423. The maximum absolute atomic E-state index is 10.4. The lowest BCUT2D eigenvalue weighted by atomic mass is 9.86. The second kappa shape index (κ2) is 3.33. The number of nitrogens with zero attached hydrogens (tertiary/aromatic N) is 2. The molecule has 1 rings (SSSR count). The number of rotatable bonds is 1. The van der Waals surface area contributed by atoms with Crippen molar-refractivity contribution in [2.75, 3.05) is 0 Å². The van der Waals surface area contributed by atoms with Crippen molar-refractivity contribution in [2.45, 2.75) is 31.7 Å². The average molecular weight is 154 g/mol. The van der Waals surface area contributed by atoms with Gasteiger partial charge in [-0.15, -0.1) is 0 Å². The third-order valence-corrected chi connectivity index (χ3v) is 2.17. The molecule has 0 saturated heterocycles. The predicted molar refractivity (Wildman–Crippen MR) is 38.4 cm³/mol. The number of nitro groups is 1. The molecule has 0 spiro atoms. The molecule has 0 amide bonds. The van der Waals surface area contributed by atoms with E-state index in [1.165, 1.54) is 0 Å². The molecule has 1 saturated carbocycles. The smallest absolute Gasteiger partial charge is 0.228 e. The fourth-order valence-electron chi connectivity index (χ4n) is 1.51. The Labute approximate surface area is 65.0 Å². The second-order valence-electron chi connectivity index (χ2n) is 2.87. The van der Waals surface area contributed by atoms with Crippen LogP contribution < -0.4 is 0 Å². The molecule has 4 heteroatoms. The highest BCUT2D eigenvalue weighted by atomic mass is 16.6. The fraction of sp³-hybridized carbons (Fsp3) is 0.857. The first-order valence-electron chi connectivity index (χ1n) is 3.79. The molecule has 0 aliphatic heterocycles. The average Bonchev–Trinajstić information content (AvgIpc) is 2.04. The van der Waals surface area contributed by atoms with Crippen LogP contribution in [0, 0.1) is 27.4 Å². The first-order chi connectivity index (χ1) is 5.25. The maximum atomic E-state index is 10.4. The van der Waals surface area contributed by atoms with Crippen molar-refractivity contribution in [1.29, 1.82) is 5.26 Å². The maximum Gasteiger partial charge on any atom is 0.228 e. The van der Waals surface area contributed by atoms with Crippen LogP contribution in [0.3, 0.4) is 0 Å². The zero-order valence-corrected chi connectivity index (χ0v) is 6.19. The van der Waals surface area contributed by atoms with Crippen molar-refractivity contribution in [3.63, 3.8) is 0 Å². The van der Waals surface area contributed by atoms with E-state index in [1.807, 2.05) is 6.07 Å². The van der Waals surface area contributed by atoms with E-state index in [4.69, 9.17) is 5.26 Å². The van der Waals surface area contributed by atoms with Gasteiger partial charge in [0, 0.05) is 11.3 Å². The molecule has 11 heavy (non-hydrogen) atoms. The van der Waals surface area contributed by atoms with Crippen LogP contribution >= 0.6 is 0 Å². The van der Waals surface area contributed by atoms with Crippen LogP contribution in [-0.2, 0) is 0 Å². The third kappa shape index (κ3) is 1.67. The van der Waals surface area contributed by atoms with Crippen molar-refractivity contribution >= 4 is 0 Å². The van der Waals surface area contributed by atoms with Gasteiger partial charge in [0.05, 0.1) is 6.07 Å². The van der Waals surface area contributed by atoms with Gasteiger partial charge in [-0.3, -0.25) is 10.1 Å². The molecule has 1 aliphatic rings. The topological polar surface area (TPSA) is 66.9 Å². The van der Waals surface area contributed by atoms with Gasteiger partial charge in [0.1, 0.15) is 5.92 Å². The van der Waals surface area contributed by atoms with Crippen LogP contribution in [0.1, 0.15) is 25.7 Å². The van der Waals surface area contributed by atoms with Crippen molar-refractivity contribution in [1.82, 2.24) is 0 Å². The van der Waals surface area contributed by atoms with Gasteiger partial charge in [-0.2, -0.15) is 5.26 Å². The van der Waals surface area contributed by atoms with E-state index in [0.717, 1.165) is 12.8 Å². The minimum absolute atomic E-state index is 0.312. The molecule has 0 radical (unpaired) electrons. The molecule has 1 fully saturated rings. The van der Waals surface area contributed by atoms with Crippen LogP contribution in [0.15, 0.2) is 0 Å². The highest BCUT2D eigenvalue weighted by Gasteiger charge is 2.33. The van der Waals surface area contributed by atoms with E-state index < -0.39 is 6.04 Å². The van der Waals surface area contributed by atoms with E-state index >= 15 is 0 Å². The molecular weight excluding hydrogens is 144 g/mol. The SMILES string of the molecule is N#CC1CCCCC1[N+](=O)[O-]. The second-order valence-corrected chi connectivity index (χ2v) is 2.87. The molecule has 4 nitrogen and oxygen atoms in total. The van der Waals surface area contributed by atoms with Gasteiger partial charge in [0.2, 0.25) is 6.04 Å². The van der Waals surface area contributed by atoms with Crippen LogP contribution in [-0.4, -0.2) is 11.0 Å². The number of hydrogen-bond donors (Lipinski definition) is 0. The van der Waals surface area contributed by atoms with E-state index in [0.29, 0.717) is 12.8 Å². The highest BCUT2D eigenvalue weighted by Crippen LogP contribution is 2.25. The van der Waals surface area contributed by atoms with Gasteiger partial charge in [-0.05, 0) is 12.8 Å². The van der Waals surface area contributed by atoms with Crippen molar-refractivity contribution in [3.8, 4) is 6.07 Å². The van der Waals surface area contributed by atoms with Crippen molar-refractivity contribution in [2.24, 2.45) is 5.92 Å². The summed E-state index contributed by atoms with van der Waals surface area (Å²) >= 11 is 0. The summed E-state index contributed by atoms with van der Waals surface area (Å²) in [4.78, 5) is 10.1. The Morgan fingerprint density at radius 1 is 1.45 bits per heavy atom. The van der Waals surface area contributed by atoms with Crippen molar-refractivity contribution < 1.29 is 4.92 Å². The van der Waals surface area contributed by atoms with Gasteiger partial charge in [-0.1, -0.05) is 6.42 Å². The Hall–Kier alpha value is -1.11. The molecule has 1 aliphatic carbocycles. The van der Waals surface area contributed by atoms with E-state index in [2.05, 4.69) is 0 Å². The van der Waals surface area contributed by atoms with Gasteiger partial charge in [0.25, 0.3) is 0 Å². The lowest BCUT2D eigenvalue weighted by Crippen LogP contribution is -2.31. The summed E-state index contributed by atoms with van der Waals surface area (Å²) < 4.78 is 0. The summed E-state index contributed by atoms with van der Waals surface area (Å²) in [6, 6.07) is 1.39. The zero-order chi connectivity index (χ0) is 8.27. The molecule has 0 aromatic heterocycles. The minimum atomic E-state index is -0.603. The molecule has 0 heterocycles. The van der Waals surface area contributed by atoms with E-state index in [9.17, 15) is 10.1 Å². The lowest BCUT2D eigenvalue weighted by Gasteiger charge is -2.19. The normalized spacial score (nSPS) is 30.8. The largest absolute Gasteiger partial charge is 0.264 e. The molecule has 0 aromatic carbocycles. The Kier molecular flexibility index (Phi) is 2.42. The summed E-state index contributed by atoms with van der Waals surface area (Å²) in [5, 5.41) is 18.9. The van der Waals surface area contributed by atoms with Crippen LogP contribution in [0.5, 0.6) is 0 Å². The van der Waals surface area contributed by atoms with Crippen LogP contribution in [0.4, 0.5) is 0 Å². The Morgan fingerprint density at radius 3 is 2.55 bits per heavy atom. The Morgan fingerprint density at radius 2 is 2.09 bits per heavy atom. The first-order valence-corrected chi connectivity index (χ1v) is 3.79. The fourth-order valence-corrected chi connectivity index (χ4v) is 1.51. The van der Waals surface area contributed by atoms with Gasteiger partial charge in [0.15, 0.2) is 0 Å². The third-order valence-electron chi connectivity index (χ3n) is 2.17. The summed E-state index contributed by atoms with van der Waals surface area (Å²) in [6.07, 6.45) is 3.12. The summed E-state index contributed by atoms with van der Waals surface area (Å²) in [6.45, 7) is 0. The van der Waals surface area contributed by atoms with Gasteiger partial charge >= 0.3 is 0 Å². The van der Waals surface area contributed by atoms with Gasteiger partial charge in [-0.25, -0.2) is 0 Å². The van der Waals surface area contributed by atoms with E-state index in [1.54, 1.807) is 0 Å². The number of hydrogen-bond acceptors (Lipinski definition) is 3.